The maximum Gasteiger partial charge on any atom is 0.330 e. The Morgan fingerprint density at radius 3 is 2.52 bits per heavy atom. The van der Waals surface area contributed by atoms with Gasteiger partial charge in [0.15, 0.2) is 0 Å². The minimum atomic E-state index is -0.322. The Kier molecular flexibility index (Phi) is 6.21. The summed E-state index contributed by atoms with van der Waals surface area (Å²) in [6.07, 6.45) is 4.90. The molecule has 0 unspecified atom stereocenters. The third-order valence-electron chi connectivity index (χ3n) is 4.24. The predicted octanol–water partition coefficient (Wildman–Crippen LogP) is 5.01. The minimum absolute atomic E-state index is 0.322. The lowest BCUT2D eigenvalue weighted by molar-refractivity contribution is -0.137. The molecule has 0 amide bonds. The number of rotatable bonds is 7. The molecule has 0 N–H and O–H groups in total. The number of benzene rings is 2. The van der Waals surface area contributed by atoms with Crippen LogP contribution in [-0.2, 0) is 22.4 Å². The van der Waals surface area contributed by atoms with E-state index < -0.39 is 0 Å². The second-order valence-corrected chi connectivity index (χ2v) is 6.21. The van der Waals surface area contributed by atoms with Crippen LogP contribution in [0.25, 0.3) is 17.5 Å². The molecule has 0 radical (unpaired) electrons. The van der Waals surface area contributed by atoms with E-state index in [-0.39, 0.29) is 5.97 Å². The van der Waals surface area contributed by atoms with Gasteiger partial charge in [-0.05, 0) is 56.0 Å². The van der Waals surface area contributed by atoms with Crippen LogP contribution in [0.3, 0.4) is 0 Å². The lowest BCUT2D eigenvalue weighted by Gasteiger charge is -2.01. The Bertz CT molecular complexity index is 909. The largest absolute Gasteiger partial charge is 0.463 e. The van der Waals surface area contributed by atoms with Gasteiger partial charge in [0.05, 0.1) is 12.3 Å². The highest BCUT2D eigenvalue weighted by molar-refractivity contribution is 5.87. The monoisotopic (exact) mass is 361 g/mol. The molecule has 0 aliphatic carbocycles. The molecule has 1 heterocycles. The molecular weight excluding hydrogens is 338 g/mol. The third kappa shape index (κ3) is 5.17. The van der Waals surface area contributed by atoms with Gasteiger partial charge in [-0.1, -0.05) is 42.5 Å². The SMILES string of the molecule is CCOC(=O)C=Cc1ccc(CCc2nc(-c3ccccc3)oc2C)cc1. The number of hydrogen-bond donors (Lipinski definition) is 0. The Balaban J connectivity index is 1.60. The molecule has 0 saturated heterocycles. The van der Waals surface area contributed by atoms with Crippen LogP contribution in [-0.4, -0.2) is 17.6 Å². The second kappa shape index (κ2) is 8.99. The highest BCUT2D eigenvalue weighted by atomic mass is 16.5. The lowest BCUT2D eigenvalue weighted by atomic mass is 10.1. The molecule has 4 nitrogen and oxygen atoms in total. The maximum atomic E-state index is 11.4. The quantitative estimate of drug-likeness (QED) is 0.438. The fourth-order valence-electron chi connectivity index (χ4n) is 2.78. The highest BCUT2D eigenvalue weighted by Crippen LogP contribution is 2.22. The smallest absolute Gasteiger partial charge is 0.330 e. The zero-order valence-corrected chi connectivity index (χ0v) is 15.6. The summed E-state index contributed by atoms with van der Waals surface area (Å²) in [4.78, 5) is 16.0. The van der Waals surface area contributed by atoms with Crippen LogP contribution in [0.15, 0.2) is 65.1 Å². The molecule has 27 heavy (non-hydrogen) atoms. The van der Waals surface area contributed by atoms with E-state index in [1.165, 1.54) is 11.6 Å². The van der Waals surface area contributed by atoms with Crippen molar-refractivity contribution in [1.82, 2.24) is 4.98 Å². The van der Waals surface area contributed by atoms with Crippen LogP contribution in [0.5, 0.6) is 0 Å². The van der Waals surface area contributed by atoms with Crippen LogP contribution < -0.4 is 0 Å². The first-order valence-corrected chi connectivity index (χ1v) is 9.11. The fourth-order valence-corrected chi connectivity index (χ4v) is 2.78. The van der Waals surface area contributed by atoms with Crippen LogP contribution >= 0.6 is 0 Å². The molecule has 3 aromatic rings. The summed E-state index contributed by atoms with van der Waals surface area (Å²) >= 11 is 0. The normalized spacial score (nSPS) is 11.0. The zero-order chi connectivity index (χ0) is 19.1. The van der Waals surface area contributed by atoms with Crippen LogP contribution in [0, 0.1) is 6.92 Å². The summed E-state index contributed by atoms with van der Waals surface area (Å²) in [7, 11) is 0. The first-order chi connectivity index (χ1) is 13.2. The number of ether oxygens (including phenoxy) is 1. The molecule has 138 valence electrons. The summed E-state index contributed by atoms with van der Waals surface area (Å²) in [6.45, 7) is 4.13. The number of aryl methyl sites for hydroxylation is 3. The van der Waals surface area contributed by atoms with Crippen molar-refractivity contribution in [3.8, 4) is 11.5 Å². The molecule has 0 saturated carbocycles. The Morgan fingerprint density at radius 1 is 1.07 bits per heavy atom. The van der Waals surface area contributed by atoms with E-state index in [2.05, 4.69) is 17.1 Å². The number of hydrogen-bond acceptors (Lipinski definition) is 4. The van der Waals surface area contributed by atoms with Crippen molar-refractivity contribution in [1.29, 1.82) is 0 Å². The Labute approximate surface area is 159 Å². The molecule has 0 bridgehead atoms. The molecule has 0 aliphatic rings. The predicted molar refractivity (Wildman–Crippen MR) is 106 cm³/mol. The van der Waals surface area contributed by atoms with E-state index in [9.17, 15) is 4.79 Å². The van der Waals surface area contributed by atoms with Crippen molar-refractivity contribution in [3.05, 3.63) is 83.3 Å². The van der Waals surface area contributed by atoms with Gasteiger partial charge in [-0.15, -0.1) is 0 Å². The van der Waals surface area contributed by atoms with E-state index >= 15 is 0 Å². The summed E-state index contributed by atoms with van der Waals surface area (Å²) in [5, 5.41) is 0. The van der Waals surface area contributed by atoms with E-state index in [4.69, 9.17) is 9.15 Å². The lowest BCUT2D eigenvalue weighted by Crippen LogP contribution is -1.98. The van der Waals surface area contributed by atoms with Gasteiger partial charge >= 0.3 is 5.97 Å². The molecule has 0 fully saturated rings. The highest BCUT2D eigenvalue weighted by Gasteiger charge is 2.11. The van der Waals surface area contributed by atoms with E-state index in [1.54, 1.807) is 13.0 Å². The number of carbonyl (C=O) groups is 1. The van der Waals surface area contributed by atoms with Gasteiger partial charge in [0.25, 0.3) is 0 Å². The van der Waals surface area contributed by atoms with Crippen LogP contribution in [0.1, 0.15) is 29.5 Å². The minimum Gasteiger partial charge on any atom is -0.463 e. The average molecular weight is 361 g/mol. The van der Waals surface area contributed by atoms with Crippen molar-refractivity contribution in [3.63, 3.8) is 0 Å². The van der Waals surface area contributed by atoms with Crippen molar-refractivity contribution in [2.45, 2.75) is 26.7 Å². The number of oxazole rings is 1. The number of carbonyl (C=O) groups excluding carboxylic acids is 1. The second-order valence-electron chi connectivity index (χ2n) is 6.21. The van der Waals surface area contributed by atoms with Crippen molar-refractivity contribution in [2.75, 3.05) is 6.61 Å². The van der Waals surface area contributed by atoms with Crippen molar-refractivity contribution < 1.29 is 13.9 Å². The van der Waals surface area contributed by atoms with Gasteiger partial charge in [-0.25, -0.2) is 9.78 Å². The van der Waals surface area contributed by atoms with Gasteiger partial charge < -0.3 is 9.15 Å². The van der Waals surface area contributed by atoms with Crippen molar-refractivity contribution in [2.24, 2.45) is 0 Å². The zero-order valence-electron chi connectivity index (χ0n) is 15.6. The first-order valence-electron chi connectivity index (χ1n) is 9.11. The molecule has 4 heteroatoms. The van der Waals surface area contributed by atoms with E-state index in [0.29, 0.717) is 12.5 Å². The molecule has 0 aliphatic heterocycles. The molecular formula is C23H23NO3. The Morgan fingerprint density at radius 2 is 1.81 bits per heavy atom. The molecule has 0 atom stereocenters. The molecule has 1 aromatic heterocycles. The van der Waals surface area contributed by atoms with Crippen LogP contribution in [0.4, 0.5) is 0 Å². The maximum absolute atomic E-state index is 11.4. The summed E-state index contributed by atoms with van der Waals surface area (Å²) in [6, 6.07) is 18.1. The number of nitrogens with zero attached hydrogens (tertiary/aromatic N) is 1. The summed E-state index contributed by atoms with van der Waals surface area (Å²) < 4.78 is 10.7. The van der Waals surface area contributed by atoms with Crippen LogP contribution in [0.2, 0.25) is 0 Å². The number of esters is 1. The number of aromatic nitrogens is 1. The summed E-state index contributed by atoms with van der Waals surface area (Å²) in [5.74, 6) is 1.21. The standard InChI is InChI=1S/C23H23NO3/c1-3-26-22(25)16-14-19-11-9-18(10-12-19)13-15-21-17(2)27-23(24-21)20-7-5-4-6-8-20/h4-12,14,16H,3,13,15H2,1-2H3. The molecule has 3 rings (SSSR count). The molecule has 0 spiro atoms. The van der Waals surface area contributed by atoms with Gasteiger partial charge in [-0.2, -0.15) is 0 Å². The first kappa shape index (κ1) is 18.6. The van der Waals surface area contributed by atoms with Gasteiger partial charge in [0.1, 0.15) is 5.76 Å². The van der Waals surface area contributed by atoms with Gasteiger partial charge in [0, 0.05) is 11.6 Å². The van der Waals surface area contributed by atoms with Crippen molar-refractivity contribution >= 4 is 12.0 Å². The van der Waals surface area contributed by atoms with Gasteiger partial charge in [0.2, 0.25) is 5.89 Å². The molecule has 2 aromatic carbocycles. The van der Waals surface area contributed by atoms with E-state index in [1.807, 2.05) is 49.4 Å². The van der Waals surface area contributed by atoms with E-state index in [0.717, 1.165) is 35.4 Å². The van der Waals surface area contributed by atoms with Gasteiger partial charge in [-0.3, -0.25) is 0 Å². The summed E-state index contributed by atoms with van der Waals surface area (Å²) in [5.41, 5.74) is 4.16. The average Bonchev–Trinajstić information content (AvgIpc) is 3.07. The Hall–Kier alpha value is -3.14. The fraction of sp³-hybridized carbons (Fsp3) is 0.217. The third-order valence-corrected chi connectivity index (χ3v) is 4.24. The topological polar surface area (TPSA) is 52.3 Å².